The van der Waals surface area contributed by atoms with E-state index in [-0.39, 0.29) is 12.1 Å². The van der Waals surface area contributed by atoms with E-state index < -0.39 is 18.0 Å². The van der Waals surface area contributed by atoms with E-state index in [0.717, 1.165) is 11.1 Å². The Bertz CT molecular complexity index is 1060. The van der Waals surface area contributed by atoms with E-state index in [0.29, 0.717) is 17.4 Å². The van der Waals surface area contributed by atoms with E-state index in [1.54, 1.807) is 12.1 Å². The molecule has 3 aromatic rings. The highest BCUT2D eigenvalue weighted by Crippen LogP contribution is 2.11. The van der Waals surface area contributed by atoms with Crippen molar-refractivity contribution in [3.63, 3.8) is 0 Å². The average Bonchev–Trinajstić information content (AvgIpc) is 2.69. The number of hydrogen-bond donors (Lipinski definition) is 1. The first kappa shape index (κ1) is 19.3. The summed E-state index contributed by atoms with van der Waals surface area (Å²) in [5.74, 6) is -1.09. The van der Waals surface area contributed by atoms with Crippen molar-refractivity contribution in [1.82, 2.24) is 14.9 Å². The lowest BCUT2D eigenvalue weighted by molar-refractivity contribution is -0.155. The molecule has 0 saturated heterocycles. The molecule has 1 aromatic heterocycles. The van der Waals surface area contributed by atoms with Crippen LogP contribution >= 0.6 is 0 Å². The van der Waals surface area contributed by atoms with Crippen LogP contribution in [0.4, 0.5) is 0 Å². The van der Waals surface area contributed by atoms with Crippen LogP contribution in [0.3, 0.4) is 0 Å². The van der Waals surface area contributed by atoms with Gasteiger partial charge in [-0.3, -0.25) is 19.0 Å². The van der Waals surface area contributed by atoms with Gasteiger partial charge in [-0.2, -0.15) is 0 Å². The van der Waals surface area contributed by atoms with Gasteiger partial charge < -0.3 is 10.1 Å². The molecule has 7 nitrogen and oxygen atoms in total. The Morgan fingerprint density at radius 2 is 1.89 bits per heavy atom. The van der Waals surface area contributed by atoms with Crippen LogP contribution in [0.2, 0.25) is 0 Å². The Morgan fingerprint density at radius 3 is 2.64 bits per heavy atom. The summed E-state index contributed by atoms with van der Waals surface area (Å²) in [5.41, 5.74) is 2.10. The Balaban J connectivity index is 1.60. The fourth-order valence-corrected chi connectivity index (χ4v) is 2.81. The average molecular weight is 379 g/mol. The zero-order valence-electron chi connectivity index (χ0n) is 15.7. The molecule has 2 aromatic carbocycles. The van der Waals surface area contributed by atoms with Crippen molar-refractivity contribution >= 4 is 22.8 Å². The van der Waals surface area contributed by atoms with Gasteiger partial charge in [0, 0.05) is 6.54 Å². The molecule has 0 aliphatic carbocycles. The van der Waals surface area contributed by atoms with Gasteiger partial charge in [-0.15, -0.1) is 0 Å². The topological polar surface area (TPSA) is 90.3 Å². The molecule has 1 heterocycles. The van der Waals surface area contributed by atoms with Crippen LogP contribution in [0, 0.1) is 6.92 Å². The van der Waals surface area contributed by atoms with E-state index >= 15 is 0 Å². The van der Waals surface area contributed by atoms with Crippen LogP contribution < -0.4 is 10.9 Å². The zero-order chi connectivity index (χ0) is 20.1. The van der Waals surface area contributed by atoms with Gasteiger partial charge in [-0.05, 0) is 31.0 Å². The van der Waals surface area contributed by atoms with E-state index in [1.165, 1.54) is 17.8 Å². The molecular weight excluding hydrogens is 358 g/mol. The number of hydrogen-bond acceptors (Lipinski definition) is 5. The van der Waals surface area contributed by atoms with Crippen molar-refractivity contribution in [2.45, 2.75) is 33.0 Å². The van der Waals surface area contributed by atoms with E-state index in [4.69, 9.17) is 4.74 Å². The van der Waals surface area contributed by atoms with Crippen molar-refractivity contribution in [1.29, 1.82) is 0 Å². The first-order chi connectivity index (χ1) is 13.5. The molecule has 0 fully saturated rings. The second-order valence-electron chi connectivity index (χ2n) is 6.48. The number of esters is 1. The molecule has 0 aliphatic rings. The molecule has 28 heavy (non-hydrogen) atoms. The van der Waals surface area contributed by atoms with Gasteiger partial charge in [-0.1, -0.05) is 42.5 Å². The molecule has 1 atom stereocenters. The minimum absolute atomic E-state index is 0.313. The number of carbonyl (C=O) groups is 2. The Labute approximate surface area is 162 Å². The summed E-state index contributed by atoms with van der Waals surface area (Å²) in [6.07, 6.45) is 0.349. The minimum atomic E-state index is -0.970. The SMILES string of the molecule is Cc1cccc2c(=O)n(CC(=O)OC(C)C(=O)NCc3ccccc3)cnc12. The van der Waals surface area contributed by atoms with Gasteiger partial charge in [-0.25, -0.2) is 4.98 Å². The number of rotatable bonds is 6. The van der Waals surface area contributed by atoms with Gasteiger partial charge in [0.2, 0.25) is 0 Å². The maximum atomic E-state index is 12.5. The number of benzene rings is 2. The molecule has 0 aliphatic heterocycles. The van der Waals surface area contributed by atoms with Crippen LogP contribution in [0.5, 0.6) is 0 Å². The number of nitrogens with zero attached hydrogens (tertiary/aromatic N) is 2. The van der Waals surface area contributed by atoms with Crippen LogP contribution in [0.15, 0.2) is 59.7 Å². The monoisotopic (exact) mass is 379 g/mol. The van der Waals surface area contributed by atoms with E-state index in [1.807, 2.05) is 43.3 Å². The standard InChI is InChI=1S/C21H21N3O4/c1-14-7-6-10-17-19(14)23-13-24(21(17)27)12-18(25)28-15(2)20(26)22-11-16-8-4-3-5-9-16/h3-10,13,15H,11-12H2,1-2H3,(H,22,26). The van der Waals surface area contributed by atoms with Gasteiger partial charge in [0.25, 0.3) is 11.5 Å². The smallest absolute Gasteiger partial charge is 0.326 e. The minimum Gasteiger partial charge on any atom is -0.451 e. The van der Waals surface area contributed by atoms with Crippen LogP contribution in [-0.2, 0) is 27.4 Å². The van der Waals surface area contributed by atoms with Crippen molar-refractivity contribution in [3.8, 4) is 0 Å². The number of carbonyl (C=O) groups excluding carboxylic acids is 2. The molecule has 0 saturated carbocycles. The van der Waals surface area contributed by atoms with Gasteiger partial charge in [0.1, 0.15) is 6.54 Å². The molecule has 144 valence electrons. The van der Waals surface area contributed by atoms with Crippen molar-refractivity contribution < 1.29 is 14.3 Å². The third kappa shape index (κ3) is 4.43. The summed E-state index contributed by atoms with van der Waals surface area (Å²) >= 11 is 0. The predicted octanol–water partition coefficient (Wildman–Crippen LogP) is 1.95. The molecule has 1 amide bonds. The van der Waals surface area contributed by atoms with Crippen LogP contribution in [0.1, 0.15) is 18.1 Å². The van der Waals surface area contributed by atoms with Crippen LogP contribution in [-0.4, -0.2) is 27.5 Å². The first-order valence-electron chi connectivity index (χ1n) is 8.91. The normalized spacial score (nSPS) is 11.8. The highest BCUT2D eigenvalue weighted by atomic mass is 16.5. The number of amides is 1. The molecule has 0 spiro atoms. The second kappa shape index (κ2) is 8.47. The maximum Gasteiger partial charge on any atom is 0.326 e. The van der Waals surface area contributed by atoms with E-state index in [9.17, 15) is 14.4 Å². The lowest BCUT2D eigenvalue weighted by Gasteiger charge is -2.14. The summed E-state index contributed by atoms with van der Waals surface area (Å²) in [5, 5.41) is 3.15. The molecule has 1 N–H and O–H groups in total. The third-order valence-electron chi connectivity index (χ3n) is 4.34. The number of aryl methyl sites for hydroxylation is 1. The summed E-state index contributed by atoms with van der Waals surface area (Å²) in [6, 6.07) is 14.7. The second-order valence-corrected chi connectivity index (χ2v) is 6.48. The fraction of sp³-hybridized carbons (Fsp3) is 0.238. The largest absolute Gasteiger partial charge is 0.451 e. The summed E-state index contributed by atoms with van der Waals surface area (Å²) in [4.78, 5) is 41.1. The summed E-state index contributed by atoms with van der Waals surface area (Å²) in [7, 11) is 0. The number of ether oxygens (including phenoxy) is 1. The van der Waals surface area contributed by atoms with Gasteiger partial charge >= 0.3 is 5.97 Å². The maximum absolute atomic E-state index is 12.5. The highest BCUT2D eigenvalue weighted by molar-refractivity contribution is 5.83. The van der Waals surface area contributed by atoms with Gasteiger partial charge in [0.15, 0.2) is 6.10 Å². The number of fused-ring (bicyclic) bond motifs is 1. The highest BCUT2D eigenvalue weighted by Gasteiger charge is 2.18. The molecule has 0 radical (unpaired) electrons. The van der Waals surface area contributed by atoms with Crippen molar-refractivity contribution in [2.75, 3.05) is 0 Å². The zero-order valence-corrected chi connectivity index (χ0v) is 15.7. The number of aromatic nitrogens is 2. The van der Waals surface area contributed by atoms with Crippen molar-refractivity contribution in [3.05, 3.63) is 76.3 Å². The Kier molecular flexibility index (Phi) is 5.84. The predicted molar refractivity (Wildman–Crippen MR) is 105 cm³/mol. The number of nitrogens with one attached hydrogen (secondary N) is 1. The first-order valence-corrected chi connectivity index (χ1v) is 8.91. The fourth-order valence-electron chi connectivity index (χ4n) is 2.81. The van der Waals surface area contributed by atoms with Crippen LogP contribution in [0.25, 0.3) is 10.9 Å². The molecule has 0 bridgehead atoms. The quantitative estimate of drug-likeness (QED) is 0.661. The Morgan fingerprint density at radius 1 is 1.14 bits per heavy atom. The molecule has 1 unspecified atom stereocenters. The lowest BCUT2D eigenvalue weighted by atomic mass is 10.1. The molecular formula is C21H21N3O4. The van der Waals surface area contributed by atoms with Crippen molar-refractivity contribution in [2.24, 2.45) is 0 Å². The van der Waals surface area contributed by atoms with Gasteiger partial charge in [0.05, 0.1) is 17.2 Å². The third-order valence-corrected chi connectivity index (χ3v) is 4.34. The molecule has 7 heteroatoms. The summed E-state index contributed by atoms with van der Waals surface area (Å²) < 4.78 is 6.34. The Hall–Kier alpha value is -3.48. The summed E-state index contributed by atoms with van der Waals surface area (Å²) in [6.45, 7) is 3.38. The molecule has 3 rings (SSSR count). The van der Waals surface area contributed by atoms with E-state index in [2.05, 4.69) is 10.3 Å². The lowest BCUT2D eigenvalue weighted by Crippen LogP contribution is -2.37. The number of para-hydroxylation sites is 1.